The Morgan fingerprint density at radius 3 is 3.11 bits per heavy atom. The molecule has 18 heavy (non-hydrogen) atoms. The molecule has 0 bridgehead atoms. The smallest absolute Gasteiger partial charge is 0.253 e. The van der Waals surface area contributed by atoms with Gasteiger partial charge in [-0.05, 0) is 50.6 Å². The highest BCUT2D eigenvalue weighted by molar-refractivity contribution is 7.80. The molecule has 0 aromatic heterocycles. The fourth-order valence-electron chi connectivity index (χ4n) is 2.53. The van der Waals surface area contributed by atoms with Gasteiger partial charge in [-0.1, -0.05) is 6.07 Å². The number of piperidine rings is 1. The van der Waals surface area contributed by atoms with Crippen LogP contribution in [0.15, 0.2) is 29.2 Å². The fraction of sp³-hybridized carbons (Fsp3) is 0.500. The molecule has 1 saturated heterocycles. The molecule has 1 amide bonds. The summed E-state index contributed by atoms with van der Waals surface area (Å²) < 4.78 is 0. The predicted molar refractivity (Wildman–Crippen MR) is 76.2 cm³/mol. The van der Waals surface area contributed by atoms with Crippen molar-refractivity contribution in [3.63, 3.8) is 0 Å². The Balaban J connectivity index is 2.04. The minimum Gasteiger partial charge on any atom is -0.338 e. The van der Waals surface area contributed by atoms with E-state index in [1.807, 2.05) is 36.2 Å². The van der Waals surface area contributed by atoms with E-state index >= 15 is 0 Å². The molecule has 1 fully saturated rings. The molecule has 98 valence electrons. The summed E-state index contributed by atoms with van der Waals surface area (Å²) in [5.74, 6) is 0.707. The molecule has 0 radical (unpaired) electrons. The van der Waals surface area contributed by atoms with Gasteiger partial charge in [0.05, 0.1) is 0 Å². The third-order valence-corrected chi connectivity index (χ3v) is 3.67. The van der Waals surface area contributed by atoms with Crippen molar-refractivity contribution in [2.24, 2.45) is 5.92 Å². The molecule has 1 aliphatic rings. The lowest BCUT2D eigenvalue weighted by atomic mass is 9.97. The first-order chi connectivity index (χ1) is 8.70. The van der Waals surface area contributed by atoms with Gasteiger partial charge in [-0.2, -0.15) is 0 Å². The van der Waals surface area contributed by atoms with E-state index in [4.69, 9.17) is 0 Å². The summed E-state index contributed by atoms with van der Waals surface area (Å²) in [5.41, 5.74) is 0.743. The van der Waals surface area contributed by atoms with Crippen LogP contribution in [0.1, 0.15) is 23.2 Å². The number of hydrogen-bond donors (Lipinski definition) is 2. The van der Waals surface area contributed by atoms with E-state index in [0.29, 0.717) is 5.92 Å². The number of rotatable bonds is 3. The molecular formula is C14H20N2OS. The first-order valence-electron chi connectivity index (χ1n) is 6.43. The van der Waals surface area contributed by atoms with Gasteiger partial charge in [0.15, 0.2) is 0 Å². The van der Waals surface area contributed by atoms with Crippen LogP contribution in [0.5, 0.6) is 0 Å². The maximum atomic E-state index is 12.4. The van der Waals surface area contributed by atoms with Gasteiger partial charge >= 0.3 is 0 Å². The van der Waals surface area contributed by atoms with Crippen LogP contribution in [0.25, 0.3) is 0 Å². The minimum absolute atomic E-state index is 0.131. The SMILES string of the molecule is CNCC1CCCN(C(=O)c2cccc(S)c2)C1. The summed E-state index contributed by atoms with van der Waals surface area (Å²) in [6.45, 7) is 2.71. The summed E-state index contributed by atoms with van der Waals surface area (Å²) in [4.78, 5) is 15.2. The maximum Gasteiger partial charge on any atom is 0.253 e. The van der Waals surface area contributed by atoms with E-state index in [1.54, 1.807) is 0 Å². The number of nitrogens with zero attached hydrogens (tertiary/aromatic N) is 1. The molecule has 0 aliphatic carbocycles. The molecule has 2 rings (SSSR count). The third-order valence-electron chi connectivity index (χ3n) is 3.39. The monoisotopic (exact) mass is 264 g/mol. The first kappa shape index (κ1) is 13.4. The second kappa shape index (κ2) is 6.25. The second-order valence-corrected chi connectivity index (χ2v) is 5.38. The van der Waals surface area contributed by atoms with Crippen molar-refractivity contribution in [3.05, 3.63) is 29.8 Å². The quantitative estimate of drug-likeness (QED) is 0.819. The number of carbonyl (C=O) groups excluding carboxylic acids is 1. The normalized spacial score (nSPS) is 19.9. The van der Waals surface area contributed by atoms with E-state index in [0.717, 1.165) is 36.5 Å². The molecule has 1 aromatic rings. The summed E-state index contributed by atoms with van der Waals surface area (Å²) >= 11 is 4.28. The average molecular weight is 264 g/mol. The molecule has 0 spiro atoms. The van der Waals surface area contributed by atoms with Crippen LogP contribution < -0.4 is 5.32 Å². The Labute approximate surface area is 114 Å². The highest BCUT2D eigenvalue weighted by Gasteiger charge is 2.23. The molecule has 1 N–H and O–H groups in total. The van der Waals surface area contributed by atoms with Crippen molar-refractivity contribution in [3.8, 4) is 0 Å². The number of likely N-dealkylation sites (tertiary alicyclic amines) is 1. The molecule has 1 heterocycles. The Bertz CT molecular complexity index is 420. The van der Waals surface area contributed by atoms with Gasteiger partial charge in [0.25, 0.3) is 5.91 Å². The molecule has 4 heteroatoms. The topological polar surface area (TPSA) is 32.3 Å². The minimum atomic E-state index is 0.131. The van der Waals surface area contributed by atoms with Crippen molar-refractivity contribution < 1.29 is 4.79 Å². The summed E-state index contributed by atoms with van der Waals surface area (Å²) in [6, 6.07) is 7.47. The second-order valence-electron chi connectivity index (χ2n) is 4.87. The standard InChI is InChI=1S/C14H20N2OS/c1-15-9-11-4-3-7-16(10-11)14(17)12-5-2-6-13(18)8-12/h2,5-6,8,11,15,18H,3-4,7,9-10H2,1H3. The lowest BCUT2D eigenvalue weighted by Gasteiger charge is -2.32. The van der Waals surface area contributed by atoms with Crippen LogP contribution in [0, 0.1) is 5.92 Å². The van der Waals surface area contributed by atoms with E-state index < -0.39 is 0 Å². The lowest BCUT2D eigenvalue weighted by Crippen LogP contribution is -2.42. The fourth-order valence-corrected chi connectivity index (χ4v) is 2.75. The third kappa shape index (κ3) is 3.27. The zero-order valence-corrected chi connectivity index (χ0v) is 11.6. The van der Waals surface area contributed by atoms with Crippen LogP contribution in [-0.4, -0.2) is 37.5 Å². The number of thiol groups is 1. The van der Waals surface area contributed by atoms with E-state index in [1.165, 1.54) is 6.42 Å². The van der Waals surface area contributed by atoms with Gasteiger partial charge in [-0.25, -0.2) is 0 Å². The van der Waals surface area contributed by atoms with Gasteiger partial charge in [0, 0.05) is 23.5 Å². The summed E-state index contributed by atoms with van der Waals surface area (Å²) in [6.07, 6.45) is 2.30. The van der Waals surface area contributed by atoms with Crippen LogP contribution in [0.3, 0.4) is 0 Å². The lowest BCUT2D eigenvalue weighted by molar-refractivity contribution is 0.0674. The van der Waals surface area contributed by atoms with Gasteiger partial charge in [-0.3, -0.25) is 4.79 Å². The Morgan fingerprint density at radius 2 is 2.39 bits per heavy atom. The van der Waals surface area contributed by atoms with Crippen molar-refractivity contribution in [2.75, 3.05) is 26.7 Å². The molecular weight excluding hydrogens is 244 g/mol. The van der Waals surface area contributed by atoms with E-state index in [-0.39, 0.29) is 5.91 Å². The van der Waals surface area contributed by atoms with Crippen molar-refractivity contribution in [1.29, 1.82) is 0 Å². The molecule has 1 aromatic carbocycles. The largest absolute Gasteiger partial charge is 0.338 e. The number of amides is 1. The highest BCUT2D eigenvalue weighted by Crippen LogP contribution is 2.19. The van der Waals surface area contributed by atoms with Crippen molar-refractivity contribution >= 4 is 18.5 Å². The number of nitrogens with one attached hydrogen (secondary N) is 1. The number of carbonyl (C=O) groups is 1. The molecule has 3 nitrogen and oxygen atoms in total. The number of benzene rings is 1. The van der Waals surface area contributed by atoms with E-state index in [2.05, 4.69) is 17.9 Å². The maximum absolute atomic E-state index is 12.4. The Morgan fingerprint density at radius 1 is 1.56 bits per heavy atom. The van der Waals surface area contributed by atoms with Crippen LogP contribution in [0.2, 0.25) is 0 Å². The molecule has 0 saturated carbocycles. The molecule has 1 aliphatic heterocycles. The zero-order chi connectivity index (χ0) is 13.0. The Kier molecular flexibility index (Phi) is 4.66. The van der Waals surface area contributed by atoms with Crippen molar-refractivity contribution in [1.82, 2.24) is 10.2 Å². The van der Waals surface area contributed by atoms with Crippen LogP contribution in [0.4, 0.5) is 0 Å². The van der Waals surface area contributed by atoms with E-state index in [9.17, 15) is 4.79 Å². The van der Waals surface area contributed by atoms with Crippen LogP contribution in [-0.2, 0) is 0 Å². The molecule has 1 atom stereocenters. The number of hydrogen-bond acceptors (Lipinski definition) is 3. The van der Waals surface area contributed by atoms with Gasteiger partial charge in [-0.15, -0.1) is 12.6 Å². The first-order valence-corrected chi connectivity index (χ1v) is 6.88. The zero-order valence-electron chi connectivity index (χ0n) is 10.7. The average Bonchev–Trinajstić information content (AvgIpc) is 2.39. The summed E-state index contributed by atoms with van der Waals surface area (Å²) in [5, 5.41) is 3.20. The summed E-state index contributed by atoms with van der Waals surface area (Å²) in [7, 11) is 1.96. The van der Waals surface area contributed by atoms with Gasteiger partial charge in [0.1, 0.15) is 0 Å². The van der Waals surface area contributed by atoms with Crippen molar-refractivity contribution in [2.45, 2.75) is 17.7 Å². The van der Waals surface area contributed by atoms with Crippen LogP contribution >= 0.6 is 12.6 Å². The van der Waals surface area contributed by atoms with Gasteiger partial charge in [0.2, 0.25) is 0 Å². The van der Waals surface area contributed by atoms with Gasteiger partial charge < -0.3 is 10.2 Å². The highest BCUT2D eigenvalue weighted by atomic mass is 32.1. The Hall–Kier alpha value is -1.00. The molecule has 1 unspecified atom stereocenters. The predicted octanol–water partition coefficient (Wildman–Crippen LogP) is 2.05.